The molecule has 0 aromatic heterocycles. The van der Waals surface area contributed by atoms with Crippen LogP contribution < -0.4 is 5.32 Å². The van der Waals surface area contributed by atoms with Gasteiger partial charge in [-0.05, 0) is 18.9 Å². The molecular formula is C10H25NO. The fourth-order valence-electron chi connectivity index (χ4n) is 0.690. The number of methoxy groups -OCH3 is 1. The van der Waals surface area contributed by atoms with Crippen molar-refractivity contribution >= 4 is 0 Å². The monoisotopic (exact) mass is 175 g/mol. The number of rotatable bonds is 6. The Kier molecular flexibility index (Phi) is 16.3. The van der Waals surface area contributed by atoms with Crippen molar-refractivity contribution in [2.45, 2.75) is 34.1 Å². The summed E-state index contributed by atoms with van der Waals surface area (Å²) in [7, 11) is 1.73. The van der Waals surface area contributed by atoms with Gasteiger partial charge >= 0.3 is 0 Å². The Balaban J connectivity index is 0. The van der Waals surface area contributed by atoms with E-state index in [4.69, 9.17) is 4.74 Å². The third-order valence-electron chi connectivity index (χ3n) is 1.38. The highest BCUT2D eigenvalue weighted by molar-refractivity contribution is 4.49. The number of nitrogens with one attached hydrogen (secondary N) is 1. The van der Waals surface area contributed by atoms with E-state index in [2.05, 4.69) is 19.2 Å². The van der Waals surface area contributed by atoms with Crippen LogP contribution >= 0.6 is 0 Å². The van der Waals surface area contributed by atoms with E-state index < -0.39 is 0 Å². The van der Waals surface area contributed by atoms with Crippen LogP contribution in [0.15, 0.2) is 0 Å². The van der Waals surface area contributed by atoms with E-state index in [1.807, 2.05) is 13.8 Å². The molecule has 0 aliphatic carbocycles. The fraction of sp³-hybridized carbons (Fsp3) is 1.00. The molecule has 1 N–H and O–H groups in total. The van der Waals surface area contributed by atoms with Crippen LogP contribution in [0.5, 0.6) is 0 Å². The average molecular weight is 175 g/mol. The summed E-state index contributed by atoms with van der Waals surface area (Å²) in [6, 6.07) is 0. The molecule has 0 spiro atoms. The van der Waals surface area contributed by atoms with Crippen LogP contribution in [0.1, 0.15) is 34.1 Å². The smallest absolute Gasteiger partial charge is 0.0587 e. The van der Waals surface area contributed by atoms with Crippen molar-refractivity contribution in [3.8, 4) is 0 Å². The van der Waals surface area contributed by atoms with Crippen LogP contribution in [0, 0.1) is 5.92 Å². The van der Waals surface area contributed by atoms with Crippen LogP contribution in [0.2, 0.25) is 0 Å². The molecule has 0 rings (SSSR count). The third kappa shape index (κ3) is 16.5. The zero-order chi connectivity index (χ0) is 9.82. The number of hydrogen-bond donors (Lipinski definition) is 1. The summed E-state index contributed by atoms with van der Waals surface area (Å²) in [5.74, 6) is 0.801. The van der Waals surface area contributed by atoms with Crippen LogP contribution in [0.4, 0.5) is 0 Å². The largest absolute Gasteiger partial charge is 0.383 e. The van der Waals surface area contributed by atoms with E-state index >= 15 is 0 Å². The van der Waals surface area contributed by atoms with Gasteiger partial charge in [0.2, 0.25) is 0 Å². The molecule has 0 aliphatic rings. The fourth-order valence-corrected chi connectivity index (χ4v) is 0.690. The summed E-state index contributed by atoms with van der Waals surface area (Å²) in [6.07, 6.45) is 1.25. The molecule has 2 nitrogen and oxygen atoms in total. The molecule has 0 amide bonds. The van der Waals surface area contributed by atoms with Crippen LogP contribution in [0.3, 0.4) is 0 Å². The van der Waals surface area contributed by atoms with Crippen LogP contribution in [-0.4, -0.2) is 26.8 Å². The maximum absolute atomic E-state index is 4.89. The van der Waals surface area contributed by atoms with Gasteiger partial charge in [0.25, 0.3) is 0 Å². The standard InChI is InChI=1S/C8H19NO.C2H6/c1-8(2)4-5-9-6-7-10-3;1-2/h8-9H,4-7H2,1-3H3;1-2H3. The van der Waals surface area contributed by atoms with E-state index in [0.29, 0.717) is 0 Å². The first-order chi connectivity index (χ1) is 5.77. The highest BCUT2D eigenvalue weighted by atomic mass is 16.5. The second-order valence-electron chi connectivity index (χ2n) is 2.93. The quantitative estimate of drug-likeness (QED) is 0.625. The molecule has 0 radical (unpaired) electrons. The second kappa shape index (κ2) is 13.5. The lowest BCUT2D eigenvalue weighted by Gasteiger charge is -2.05. The van der Waals surface area contributed by atoms with Crippen molar-refractivity contribution in [1.29, 1.82) is 0 Å². The van der Waals surface area contributed by atoms with E-state index in [-0.39, 0.29) is 0 Å². The summed E-state index contributed by atoms with van der Waals surface area (Å²) in [5, 5.41) is 3.29. The molecule has 0 saturated heterocycles. The highest BCUT2D eigenvalue weighted by Gasteiger charge is 1.91. The van der Waals surface area contributed by atoms with Gasteiger partial charge in [0.15, 0.2) is 0 Å². The van der Waals surface area contributed by atoms with Gasteiger partial charge in [-0.2, -0.15) is 0 Å². The molecule has 0 bridgehead atoms. The topological polar surface area (TPSA) is 21.3 Å². The summed E-state index contributed by atoms with van der Waals surface area (Å²) in [5.41, 5.74) is 0. The van der Waals surface area contributed by atoms with Gasteiger partial charge in [-0.3, -0.25) is 0 Å². The summed E-state index contributed by atoms with van der Waals surface area (Å²) in [4.78, 5) is 0. The zero-order valence-corrected chi connectivity index (χ0v) is 9.31. The zero-order valence-electron chi connectivity index (χ0n) is 9.31. The predicted octanol–water partition coefficient (Wildman–Crippen LogP) is 2.29. The van der Waals surface area contributed by atoms with Gasteiger partial charge < -0.3 is 10.1 Å². The minimum absolute atomic E-state index is 0.801. The van der Waals surface area contributed by atoms with Crippen LogP contribution in [-0.2, 0) is 4.74 Å². The van der Waals surface area contributed by atoms with Gasteiger partial charge in [0.05, 0.1) is 6.61 Å². The van der Waals surface area contributed by atoms with Crippen molar-refractivity contribution in [3.63, 3.8) is 0 Å². The number of hydrogen-bond acceptors (Lipinski definition) is 2. The Morgan fingerprint density at radius 2 is 1.75 bits per heavy atom. The van der Waals surface area contributed by atoms with Gasteiger partial charge in [-0.1, -0.05) is 27.7 Å². The summed E-state index contributed by atoms with van der Waals surface area (Å²) in [6.45, 7) is 11.4. The maximum atomic E-state index is 4.89. The second-order valence-corrected chi connectivity index (χ2v) is 2.93. The molecule has 0 aromatic rings. The molecule has 2 heteroatoms. The minimum Gasteiger partial charge on any atom is -0.383 e. The molecule has 0 aromatic carbocycles. The first kappa shape index (κ1) is 14.4. The van der Waals surface area contributed by atoms with Gasteiger partial charge in [0, 0.05) is 13.7 Å². The maximum Gasteiger partial charge on any atom is 0.0587 e. The predicted molar refractivity (Wildman–Crippen MR) is 55.5 cm³/mol. The Bertz CT molecular complexity index is 64.9. The lowest BCUT2D eigenvalue weighted by Crippen LogP contribution is -2.21. The van der Waals surface area contributed by atoms with E-state index in [9.17, 15) is 0 Å². The Hall–Kier alpha value is -0.0800. The molecule has 0 unspecified atom stereocenters. The molecule has 0 heterocycles. The Morgan fingerprint density at radius 3 is 2.17 bits per heavy atom. The Labute approximate surface area is 77.7 Å². The SMILES string of the molecule is CC.COCCNCCC(C)C. The first-order valence-electron chi connectivity index (χ1n) is 4.97. The molecule has 0 fully saturated rings. The van der Waals surface area contributed by atoms with Crippen molar-refractivity contribution in [2.75, 3.05) is 26.8 Å². The molecular weight excluding hydrogens is 150 g/mol. The van der Waals surface area contributed by atoms with Crippen LogP contribution in [0.25, 0.3) is 0 Å². The molecule has 76 valence electrons. The molecule has 0 atom stereocenters. The lowest BCUT2D eigenvalue weighted by molar-refractivity contribution is 0.199. The van der Waals surface area contributed by atoms with E-state index in [1.54, 1.807) is 7.11 Å². The van der Waals surface area contributed by atoms with Crippen molar-refractivity contribution in [1.82, 2.24) is 5.32 Å². The molecule has 0 saturated carbocycles. The van der Waals surface area contributed by atoms with Gasteiger partial charge in [-0.25, -0.2) is 0 Å². The van der Waals surface area contributed by atoms with Crippen molar-refractivity contribution in [3.05, 3.63) is 0 Å². The lowest BCUT2D eigenvalue weighted by atomic mass is 10.1. The van der Waals surface area contributed by atoms with E-state index in [0.717, 1.165) is 25.6 Å². The van der Waals surface area contributed by atoms with E-state index in [1.165, 1.54) is 6.42 Å². The average Bonchev–Trinajstić information content (AvgIpc) is 2.07. The minimum atomic E-state index is 0.801. The van der Waals surface area contributed by atoms with Gasteiger partial charge in [0.1, 0.15) is 0 Å². The highest BCUT2D eigenvalue weighted by Crippen LogP contribution is 1.95. The van der Waals surface area contributed by atoms with Crippen molar-refractivity contribution in [2.24, 2.45) is 5.92 Å². The third-order valence-corrected chi connectivity index (χ3v) is 1.38. The Morgan fingerprint density at radius 1 is 1.17 bits per heavy atom. The molecule has 12 heavy (non-hydrogen) atoms. The normalized spacial score (nSPS) is 9.50. The first-order valence-corrected chi connectivity index (χ1v) is 4.97. The number of ether oxygens (including phenoxy) is 1. The molecule has 0 aliphatic heterocycles. The summed E-state index contributed by atoms with van der Waals surface area (Å²) < 4.78 is 4.89. The van der Waals surface area contributed by atoms with Gasteiger partial charge in [-0.15, -0.1) is 0 Å². The van der Waals surface area contributed by atoms with Crippen molar-refractivity contribution < 1.29 is 4.74 Å². The summed E-state index contributed by atoms with van der Waals surface area (Å²) >= 11 is 0.